The summed E-state index contributed by atoms with van der Waals surface area (Å²) in [6, 6.07) is 1.70. The van der Waals surface area contributed by atoms with E-state index >= 15 is 0 Å². The Balaban J connectivity index is 1.22. The molecule has 2 heterocycles. The first-order valence-electron chi connectivity index (χ1n) is 9.79. The van der Waals surface area contributed by atoms with Crippen LogP contribution in [0.25, 0.3) is 0 Å². The summed E-state index contributed by atoms with van der Waals surface area (Å²) < 4.78 is 5.01. The zero-order valence-corrected chi connectivity index (χ0v) is 14.6. The van der Waals surface area contributed by atoms with Gasteiger partial charge in [0.15, 0.2) is 0 Å². The molecule has 1 aromatic rings. The Bertz CT molecular complexity index is 632. The highest BCUT2D eigenvalue weighted by Gasteiger charge is 2.51. The van der Waals surface area contributed by atoms with Gasteiger partial charge in [0.05, 0.1) is 11.8 Å². The van der Waals surface area contributed by atoms with E-state index in [4.69, 9.17) is 4.42 Å². The molecule has 0 N–H and O–H groups in total. The average molecular weight is 342 g/mol. The van der Waals surface area contributed by atoms with Gasteiger partial charge in [0.25, 0.3) is 5.91 Å². The molecule has 4 bridgehead atoms. The van der Waals surface area contributed by atoms with Gasteiger partial charge in [-0.25, -0.2) is 0 Å². The van der Waals surface area contributed by atoms with Crippen LogP contribution in [0.15, 0.2) is 23.0 Å². The van der Waals surface area contributed by atoms with Crippen molar-refractivity contribution in [1.82, 2.24) is 9.80 Å². The van der Waals surface area contributed by atoms with Crippen molar-refractivity contribution in [3.05, 3.63) is 24.2 Å². The van der Waals surface area contributed by atoms with Crippen LogP contribution in [0.1, 0.15) is 42.5 Å². The summed E-state index contributed by atoms with van der Waals surface area (Å²) >= 11 is 0. The third-order valence-corrected chi connectivity index (χ3v) is 7.16. The van der Waals surface area contributed by atoms with Crippen molar-refractivity contribution in [2.45, 2.75) is 32.1 Å². The van der Waals surface area contributed by atoms with Gasteiger partial charge in [-0.3, -0.25) is 9.59 Å². The highest BCUT2D eigenvalue weighted by Crippen LogP contribution is 2.56. The maximum absolute atomic E-state index is 13.2. The molecule has 4 aliphatic carbocycles. The number of carbonyl (C=O) groups excluding carboxylic acids is 2. The molecule has 0 radical (unpaired) electrons. The van der Waals surface area contributed by atoms with Gasteiger partial charge in [-0.2, -0.15) is 0 Å². The predicted octanol–water partition coefficient (Wildman–Crippen LogP) is 2.64. The summed E-state index contributed by atoms with van der Waals surface area (Å²) in [5.74, 6) is 3.72. The van der Waals surface area contributed by atoms with Crippen molar-refractivity contribution >= 4 is 11.8 Å². The molecule has 25 heavy (non-hydrogen) atoms. The lowest BCUT2D eigenvalue weighted by atomic mass is 9.51. The number of hydrogen-bond donors (Lipinski definition) is 0. The van der Waals surface area contributed by atoms with E-state index in [0.29, 0.717) is 49.5 Å². The van der Waals surface area contributed by atoms with Gasteiger partial charge in [0.1, 0.15) is 6.26 Å². The van der Waals surface area contributed by atoms with E-state index in [1.807, 2.05) is 9.80 Å². The van der Waals surface area contributed by atoms with Crippen LogP contribution in [0.3, 0.4) is 0 Å². The Morgan fingerprint density at radius 3 is 2.04 bits per heavy atom. The van der Waals surface area contributed by atoms with Gasteiger partial charge < -0.3 is 14.2 Å². The topological polar surface area (TPSA) is 53.8 Å². The summed E-state index contributed by atoms with van der Waals surface area (Å²) in [7, 11) is 0. The van der Waals surface area contributed by atoms with Crippen LogP contribution in [0, 0.1) is 29.6 Å². The molecule has 0 unspecified atom stereocenters. The molecule has 1 saturated heterocycles. The standard InChI is InChI=1S/C20H26N2O3/c23-19(15-1-6-25-12-15)21-2-4-22(5-3-21)20(24)18-16-8-13-7-14(10-16)11-17(18)9-13/h1,6,12-14,16-18H,2-5,7-11H2. The lowest BCUT2D eigenvalue weighted by Crippen LogP contribution is -2.56. The molecule has 1 aliphatic heterocycles. The number of hydrogen-bond acceptors (Lipinski definition) is 3. The molecule has 2 amide bonds. The second-order valence-corrected chi connectivity index (χ2v) is 8.59. The first-order valence-corrected chi connectivity index (χ1v) is 9.79. The zero-order valence-electron chi connectivity index (χ0n) is 14.6. The van der Waals surface area contributed by atoms with Gasteiger partial charge in [-0.15, -0.1) is 0 Å². The summed E-state index contributed by atoms with van der Waals surface area (Å²) in [5, 5.41) is 0. The molecular formula is C20H26N2O3. The van der Waals surface area contributed by atoms with Crippen molar-refractivity contribution in [1.29, 1.82) is 0 Å². The van der Waals surface area contributed by atoms with Crippen molar-refractivity contribution < 1.29 is 14.0 Å². The van der Waals surface area contributed by atoms with Crippen LogP contribution < -0.4 is 0 Å². The van der Waals surface area contributed by atoms with Gasteiger partial charge in [-0.05, 0) is 61.8 Å². The second-order valence-electron chi connectivity index (χ2n) is 8.59. The number of furan rings is 1. The van der Waals surface area contributed by atoms with Crippen LogP contribution in [0.5, 0.6) is 0 Å². The maximum Gasteiger partial charge on any atom is 0.257 e. The molecule has 5 aliphatic rings. The van der Waals surface area contributed by atoms with Crippen molar-refractivity contribution in [2.24, 2.45) is 29.6 Å². The highest BCUT2D eigenvalue weighted by molar-refractivity contribution is 5.94. The molecule has 6 rings (SSSR count). The molecule has 0 atom stereocenters. The Labute approximate surface area is 148 Å². The van der Waals surface area contributed by atoms with E-state index in [1.165, 1.54) is 44.6 Å². The molecule has 1 aromatic heterocycles. The van der Waals surface area contributed by atoms with Gasteiger partial charge in [0, 0.05) is 32.1 Å². The number of piperazine rings is 1. The highest BCUT2D eigenvalue weighted by atomic mass is 16.3. The quantitative estimate of drug-likeness (QED) is 0.830. The first kappa shape index (κ1) is 15.5. The minimum absolute atomic E-state index is 0.00970. The number of carbonyl (C=O) groups is 2. The third-order valence-electron chi connectivity index (χ3n) is 7.16. The fourth-order valence-corrected chi connectivity index (χ4v) is 6.24. The fourth-order valence-electron chi connectivity index (χ4n) is 6.24. The average Bonchev–Trinajstić information content (AvgIpc) is 3.15. The molecule has 0 spiro atoms. The molecule has 134 valence electrons. The number of amides is 2. The molecule has 4 saturated carbocycles. The summed E-state index contributed by atoms with van der Waals surface area (Å²) in [5.41, 5.74) is 0.598. The Kier molecular flexibility index (Phi) is 3.64. The van der Waals surface area contributed by atoms with Crippen LogP contribution in [-0.2, 0) is 4.79 Å². The van der Waals surface area contributed by atoms with Gasteiger partial charge >= 0.3 is 0 Å². The van der Waals surface area contributed by atoms with Crippen LogP contribution in [0.4, 0.5) is 0 Å². The largest absolute Gasteiger partial charge is 0.472 e. The lowest BCUT2D eigenvalue weighted by Gasteiger charge is -2.54. The SMILES string of the molecule is O=C(c1ccoc1)N1CCN(C(=O)C2C3CC4CC(C3)CC2C4)CC1. The molecular weight excluding hydrogens is 316 g/mol. The van der Waals surface area contributed by atoms with E-state index in [-0.39, 0.29) is 11.8 Å². The number of rotatable bonds is 2. The zero-order chi connectivity index (χ0) is 17.0. The molecule has 5 heteroatoms. The summed E-state index contributed by atoms with van der Waals surface area (Å²) in [6.07, 6.45) is 9.56. The summed E-state index contributed by atoms with van der Waals surface area (Å²) in [6.45, 7) is 2.60. The van der Waals surface area contributed by atoms with Crippen molar-refractivity contribution in [2.75, 3.05) is 26.2 Å². The molecule has 5 fully saturated rings. The van der Waals surface area contributed by atoms with Crippen LogP contribution >= 0.6 is 0 Å². The predicted molar refractivity (Wildman–Crippen MR) is 91.7 cm³/mol. The normalized spacial score (nSPS) is 36.7. The van der Waals surface area contributed by atoms with E-state index in [2.05, 4.69) is 0 Å². The Morgan fingerprint density at radius 2 is 1.48 bits per heavy atom. The minimum Gasteiger partial charge on any atom is -0.472 e. The van der Waals surface area contributed by atoms with Crippen molar-refractivity contribution in [3.63, 3.8) is 0 Å². The summed E-state index contributed by atoms with van der Waals surface area (Å²) in [4.78, 5) is 29.5. The Hall–Kier alpha value is -1.78. The van der Waals surface area contributed by atoms with Crippen LogP contribution in [0.2, 0.25) is 0 Å². The third kappa shape index (κ3) is 2.59. The van der Waals surface area contributed by atoms with E-state index < -0.39 is 0 Å². The van der Waals surface area contributed by atoms with E-state index in [9.17, 15) is 9.59 Å². The smallest absolute Gasteiger partial charge is 0.257 e. The maximum atomic E-state index is 13.2. The molecule has 5 nitrogen and oxygen atoms in total. The number of nitrogens with zero attached hydrogens (tertiary/aromatic N) is 2. The van der Waals surface area contributed by atoms with Gasteiger partial charge in [0.2, 0.25) is 5.91 Å². The van der Waals surface area contributed by atoms with Gasteiger partial charge in [-0.1, -0.05) is 0 Å². The Morgan fingerprint density at radius 1 is 0.880 bits per heavy atom. The first-order chi connectivity index (χ1) is 12.2. The van der Waals surface area contributed by atoms with E-state index in [0.717, 1.165) is 11.8 Å². The monoisotopic (exact) mass is 342 g/mol. The van der Waals surface area contributed by atoms with Crippen molar-refractivity contribution in [3.8, 4) is 0 Å². The second kappa shape index (κ2) is 5.89. The lowest BCUT2D eigenvalue weighted by molar-refractivity contribution is -0.150. The fraction of sp³-hybridized carbons (Fsp3) is 0.700. The van der Waals surface area contributed by atoms with Crippen LogP contribution in [-0.4, -0.2) is 47.8 Å². The molecule has 0 aromatic carbocycles. The van der Waals surface area contributed by atoms with E-state index in [1.54, 1.807) is 6.07 Å². The minimum atomic E-state index is 0.00970.